The summed E-state index contributed by atoms with van der Waals surface area (Å²) in [5.74, 6) is -1.97. The van der Waals surface area contributed by atoms with E-state index < -0.39 is 71.8 Å². The maximum atomic E-state index is 12.3. The van der Waals surface area contributed by atoms with Gasteiger partial charge in [-0.1, -0.05) is 25.7 Å². The lowest BCUT2D eigenvalue weighted by molar-refractivity contribution is -0.173. The smallest absolute Gasteiger partial charge is 0.355 e. The van der Waals surface area contributed by atoms with E-state index in [1.807, 2.05) is 0 Å². The maximum absolute atomic E-state index is 12.3. The molecule has 0 spiro atoms. The molecule has 5 atom stereocenters. The van der Waals surface area contributed by atoms with Gasteiger partial charge in [0.25, 0.3) is 5.56 Å². The lowest BCUT2D eigenvalue weighted by Crippen LogP contribution is -2.37. The Balaban J connectivity index is 1.85. The zero-order valence-electron chi connectivity index (χ0n) is 24.2. The molecular weight excluding hydrogens is 700 g/mol. The van der Waals surface area contributed by atoms with Crippen LogP contribution >= 0.6 is 23.5 Å². The number of alkyl halides is 3. The Morgan fingerprint density at radius 3 is 2.30 bits per heavy atom. The number of carbonyl (C=O) groups is 1. The number of aromatic amines is 1. The lowest BCUT2D eigenvalue weighted by Gasteiger charge is -2.21. The number of halogens is 3. The number of rotatable bonds is 20. The number of unbranched alkanes of at least 4 members (excludes halogenated alkanes) is 5. The molecule has 0 saturated carbocycles. The fourth-order valence-electron chi connectivity index (χ4n) is 4.00. The quantitative estimate of drug-likeness (QED) is 0.0633. The third-order valence-corrected chi connectivity index (χ3v) is 9.88. The number of nitrogens with one attached hydrogen (secondary N) is 2. The van der Waals surface area contributed by atoms with Gasteiger partial charge in [0.05, 0.1) is 12.7 Å². The number of aryl methyl sites for hydroxylation is 1. The van der Waals surface area contributed by atoms with Crippen LogP contribution in [-0.2, 0) is 45.8 Å². The molecule has 1 saturated heterocycles. The second-order valence-electron chi connectivity index (χ2n) is 9.84. The lowest BCUT2D eigenvalue weighted by atomic mass is 10.1. The van der Waals surface area contributed by atoms with Crippen molar-refractivity contribution >= 4 is 29.4 Å². The van der Waals surface area contributed by atoms with Crippen LogP contribution in [0, 0.1) is 6.92 Å². The first-order valence-electron chi connectivity index (χ1n) is 13.5. The van der Waals surface area contributed by atoms with Crippen LogP contribution in [0.1, 0.15) is 56.7 Å². The Morgan fingerprint density at radius 2 is 1.67 bits per heavy atom. The normalized spacial score (nSPS) is 21.5. The van der Waals surface area contributed by atoms with Crippen molar-refractivity contribution in [2.75, 3.05) is 26.6 Å². The molecule has 1 aromatic heterocycles. The Bertz CT molecular complexity index is 1420. The third-order valence-electron chi connectivity index (χ3n) is 6.08. The number of aromatic nitrogens is 2. The monoisotopic (exact) mass is 735 g/mol. The fraction of sp³-hybridized carbons (Fsp3) is 0.762. The van der Waals surface area contributed by atoms with E-state index in [9.17, 15) is 51.0 Å². The van der Waals surface area contributed by atoms with Crippen molar-refractivity contribution < 1.29 is 78.6 Å². The molecule has 6 N–H and O–H groups in total. The predicted molar refractivity (Wildman–Crippen MR) is 147 cm³/mol. The minimum absolute atomic E-state index is 0.0669. The highest BCUT2D eigenvalue weighted by Crippen LogP contribution is 2.66. The molecule has 1 fully saturated rings. The Hall–Kier alpha value is -1.77. The highest BCUT2D eigenvalue weighted by atomic mass is 31.3. The SMILES string of the molecule is Cc1cn([C@H]2C[C@H](OCOCCCCCCCCNC(=O)C(F)(F)F)[C@@H](COP(=O)(O)OP(=O)(O)OP(=O)(O)O)O2)c(=O)[nH]c1=O. The summed E-state index contributed by atoms with van der Waals surface area (Å²) in [6.45, 7) is 0.413. The molecule has 266 valence electrons. The van der Waals surface area contributed by atoms with Crippen LogP contribution in [0.4, 0.5) is 13.2 Å². The highest BCUT2D eigenvalue weighted by Gasteiger charge is 2.43. The Morgan fingerprint density at radius 1 is 1.04 bits per heavy atom. The van der Waals surface area contributed by atoms with Gasteiger partial charge in [0.1, 0.15) is 19.1 Å². The van der Waals surface area contributed by atoms with E-state index in [1.165, 1.54) is 13.1 Å². The van der Waals surface area contributed by atoms with Gasteiger partial charge in [0.15, 0.2) is 0 Å². The van der Waals surface area contributed by atoms with Crippen LogP contribution in [0.3, 0.4) is 0 Å². The third kappa shape index (κ3) is 15.0. The molecule has 2 rings (SSSR count). The van der Waals surface area contributed by atoms with Gasteiger partial charge in [-0.05, 0) is 19.8 Å². The van der Waals surface area contributed by atoms with E-state index in [-0.39, 0.29) is 31.9 Å². The van der Waals surface area contributed by atoms with Gasteiger partial charge in [-0.25, -0.2) is 18.5 Å². The van der Waals surface area contributed by atoms with Gasteiger partial charge in [-0.15, -0.1) is 0 Å². The van der Waals surface area contributed by atoms with Crippen LogP contribution in [0.5, 0.6) is 0 Å². The van der Waals surface area contributed by atoms with Crippen LogP contribution in [0.15, 0.2) is 15.8 Å². The van der Waals surface area contributed by atoms with Crippen molar-refractivity contribution in [1.82, 2.24) is 14.9 Å². The second kappa shape index (κ2) is 17.6. The fourth-order valence-corrected chi connectivity index (χ4v) is 7.03. The minimum Gasteiger partial charge on any atom is -0.355 e. The summed E-state index contributed by atoms with van der Waals surface area (Å²) >= 11 is 0. The molecule has 19 nitrogen and oxygen atoms in total. The van der Waals surface area contributed by atoms with E-state index in [1.54, 1.807) is 5.32 Å². The van der Waals surface area contributed by atoms with Crippen LogP contribution in [-0.4, -0.2) is 80.0 Å². The largest absolute Gasteiger partial charge is 0.490 e. The van der Waals surface area contributed by atoms with E-state index >= 15 is 0 Å². The molecule has 0 radical (unpaired) electrons. The summed E-state index contributed by atoms with van der Waals surface area (Å²) in [7, 11) is -16.9. The molecular formula is C21H35F3N3O16P3. The molecule has 1 aliphatic rings. The summed E-state index contributed by atoms with van der Waals surface area (Å²) in [5.41, 5.74) is -1.32. The van der Waals surface area contributed by atoms with Crippen LogP contribution < -0.4 is 16.6 Å². The van der Waals surface area contributed by atoms with Gasteiger partial charge >= 0.3 is 41.2 Å². The standard InChI is InChI=1S/C21H35F3N3O16P3/c1-14-11-27(20(30)26-18(14)28)17-10-15(16(41-17)12-40-45(34,35)43-46(36,37)42-44(31,32)33)39-13-38-9-7-5-3-2-4-6-8-25-19(29)21(22,23)24/h11,15-17H,2-10,12-13H2,1H3,(H,25,29)(H,34,35)(H,36,37)(H,26,28,30)(H2,31,32,33)/t15-,16+,17+/m0/s1. The Labute approximate surface area is 258 Å². The van der Waals surface area contributed by atoms with Crippen molar-refractivity contribution in [2.24, 2.45) is 0 Å². The van der Waals surface area contributed by atoms with Gasteiger partial charge in [-0.2, -0.15) is 21.8 Å². The van der Waals surface area contributed by atoms with Gasteiger partial charge < -0.3 is 39.1 Å². The molecule has 2 unspecified atom stereocenters. The molecule has 1 amide bonds. The molecule has 25 heteroatoms. The average molecular weight is 735 g/mol. The molecule has 0 bridgehead atoms. The zero-order valence-corrected chi connectivity index (χ0v) is 26.9. The van der Waals surface area contributed by atoms with Crippen molar-refractivity contribution in [3.63, 3.8) is 0 Å². The van der Waals surface area contributed by atoms with Gasteiger partial charge in [-0.3, -0.25) is 23.7 Å². The number of phosphoric ester groups is 1. The topological polar surface area (TPSA) is 271 Å². The number of H-pyrrole nitrogens is 1. The molecule has 1 aromatic rings. The maximum Gasteiger partial charge on any atom is 0.490 e. The first-order valence-corrected chi connectivity index (χ1v) is 18.0. The first-order chi connectivity index (χ1) is 21.2. The molecule has 1 aliphatic heterocycles. The van der Waals surface area contributed by atoms with Crippen molar-refractivity contribution in [2.45, 2.75) is 76.5 Å². The number of ether oxygens (including phenoxy) is 3. The van der Waals surface area contributed by atoms with Gasteiger partial charge in [0.2, 0.25) is 0 Å². The summed E-state index contributed by atoms with van der Waals surface area (Å²) in [5, 5.41) is 1.79. The number of hydrogen-bond acceptors (Lipinski definition) is 12. The average Bonchev–Trinajstić information content (AvgIpc) is 3.30. The van der Waals surface area contributed by atoms with Crippen LogP contribution in [0.2, 0.25) is 0 Å². The second-order valence-corrected chi connectivity index (χ2v) is 14.3. The summed E-state index contributed by atoms with van der Waals surface area (Å²) in [6.07, 6.45) is -3.25. The molecule has 0 aromatic carbocycles. The van der Waals surface area contributed by atoms with Crippen molar-refractivity contribution in [1.29, 1.82) is 0 Å². The summed E-state index contributed by atoms with van der Waals surface area (Å²) in [4.78, 5) is 73.3. The Kier molecular flexibility index (Phi) is 15.4. The number of hydrogen-bond donors (Lipinski definition) is 6. The number of phosphoric acid groups is 3. The van der Waals surface area contributed by atoms with E-state index in [2.05, 4.69) is 18.1 Å². The molecule has 2 heterocycles. The first kappa shape index (κ1) is 40.4. The van der Waals surface area contributed by atoms with Crippen LogP contribution in [0.25, 0.3) is 0 Å². The summed E-state index contributed by atoms with van der Waals surface area (Å²) < 4.78 is 101. The zero-order chi connectivity index (χ0) is 34.8. The van der Waals surface area contributed by atoms with E-state index in [0.717, 1.165) is 23.8 Å². The molecule has 0 aliphatic carbocycles. The van der Waals surface area contributed by atoms with Crippen molar-refractivity contribution in [3.8, 4) is 0 Å². The van der Waals surface area contributed by atoms with Gasteiger partial charge in [0, 0.05) is 31.3 Å². The predicted octanol–water partition coefficient (Wildman–Crippen LogP) is 1.85. The van der Waals surface area contributed by atoms with E-state index in [0.29, 0.717) is 19.3 Å². The molecule has 46 heavy (non-hydrogen) atoms. The number of amides is 1. The number of carbonyl (C=O) groups excluding carboxylic acids is 1. The highest BCUT2D eigenvalue weighted by molar-refractivity contribution is 7.66. The summed E-state index contributed by atoms with van der Waals surface area (Å²) in [6, 6.07) is 0. The van der Waals surface area contributed by atoms with Crippen molar-refractivity contribution in [3.05, 3.63) is 32.6 Å². The van der Waals surface area contributed by atoms with E-state index in [4.69, 9.17) is 24.0 Å². The number of nitrogens with zero attached hydrogens (tertiary/aromatic N) is 1. The minimum atomic E-state index is -5.76.